The predicted molar refractivity (Wildman–Crippen MR) is 135 cm³/mol. The Labute approximate surface area is 221 Å². The third kappa shape index (κ3) is 5.53. The van der Waals surface area contributed by atoms with Crippen molar-refractivity contribution >= 4 is 17.6 Å². The van der Waals surface area contributed by atoms with Gasteiger partial charge in [0.2, 0.25) is 0 Å². The second-order valence-electron chi connectivity index (χ2n) is 9.19. The van der Waals surface area contributed by atoms with Crippen LogP contribution in [0.3, 0.4) is 0 Å². The number of methoxy groups -OCH3 is 1. The highest BCUT2D eigenvalue weighted by Gasteiger charge is 2.47. The Bertz CT molecular complexity index is 1410. The highest BCUT2D eigenvalue weighted by Crippen LogP contribution is 2.40. The molecule has 9 nitrogen and oxygen atoms in total. The molecule has 2 amide bonds. The van der Waals surface area contributed by atoms with E-state index in [1.807, 2.05) is 0 Å². The highest BCUT2D eigenvalue weighted by molar-refractivity contribution is 6.03. The molecule has 1 atom stereocenters. The van der Waals surface area contributed by atoms with Crippen LogP contribution in [-0.4, -0.2) is 59.2 Å². The van der Waals surface area contributed by atoms with Gasteiger partial charge in [0.25, 0.3) is 17.7 Å². The van der Waals surface area contributed by atoms with Crippen molar-refractivity contribution in [2.24, 2.45) is 5.73 Å². The van der Waals surface area contributed by atoms with E-state index in [1.54, 1.807) is 11.8 Å². The van der Waals surface area contributed by atoms with Crippen LogP contribution >= 0.6 is 0 Å². The number of benzene rings is 2. The number of hydrogen-bond acceptors (Lipinski definition) is 6. The van der Waals surface area contributed by atoms with E-state index in [9.17, 15) is 22.8 Å². The summed E-state index contributed by atoms with van der Waals surface area (Å²) < 4.78 is 64.6. The summed E-state index contributed by atoms with van der Waals surface area (Å²) in [5.41, 5.74) is 11.2. The van der Waals surface area contributed by atoms with Gasteiger partial charge in [0, 0.05) is 24.2 Å². The molecule has 208 valence electrons. The van der Waals surface area contributed by atoms with E-state index < -0.39 is 42.0 Å². The first-order valence-electron chi connectivity index (χ1n) is 12.1. The summed E-state index contributed by atoms with van der Waals surface area (Å²) in [6, 6.07) is 5.80. The van der Waals surface area contributed by atoms with E-state index in [4.69, 9.17) is 16.2 Å². The number of amides is 2. The standard InChI is InChI=1S/C26H28F4N6O3/c1-3-35-9-8-20(26(29,30)13-35)36-23(31)21(24(32)37)22(34-36)14-4-5-15(18(28)10-14)12-33-25(38)17-11-16(27)6-7-19(17)39-2/h4-7,10-11,20H,3,8-9,12-13,31H2,1-2H3,(H2,32,37)(H,33,38). The Morgan fingerprint density at radius 2 is 1.95 bits per heavy atom. The van der Waals surface area contributed by atoms with Crippen LogP contribution in [0, 0.1) is 11.6 Å². The topological polar surface area (TPSA) is 128 Å². The molecule has 4 rings (SSSR count). The second-order valence-corrected chi connectivity index (χ2v) is 9.19. The number of carbonyl (C=O) groups is 2. The fourth-order valence-corrected chi connectivity index (χ4v) is 4.67. The third-order valence-corrected chi connectivity index (χ3v) is 6.75. The number of likely N-dealkylation sites (tertiary alicyclic amines) is 1. The van der Waals surface area contributed by atoms with Crippen molar-refractivity contribution in [1.29, 1.82) is 0 Å². The van der Waals surface area contributed by atoms with Crippen molar-refractivity contribution in [2.75, 3.05) is 32.5 Å². The molecule has 0 radical (unpaired) electrons. The normalized spacial score (nSPS) is 17.1. The lowest BCUT2D eigenvalue weighted by atomic mass is 10.0. The second kappa shape index (κ2) is 10.9. The first-order chi connectivity index (χ1) is 18.5. The average Bonchev–Trinajstić information content (AvgIpc) is 3.23. The van der Waals surface area contributed by atoms with Gasteiger partial charge in [-0.15, -0.1) is 0 Å². The first kappa shape index (κ1) is 27.9. The number of nitrogen functional groups attached to an aromatic ring is 1. The van der Waals surface area contributed by atoms with Gasteiger partial charge >= 0.3 is 0 Å². The average molecular weight is 549 g/mol. The molecule has 1 aliphatic heterocycles. The van der Waals surface area contributed by atoms with Gasteiger partial charge in [0.05, 0.1) is 19.2 Å². The van der Waals surface area contributed by atoms with Gasteiger partial charge in [0.15, 0.2) is 0 Å². The summed E-state index contributed by atoms with van der Waals surface area (Å²) in [6.07, 6.45) is 0.0352. The van der Waals surface area contributed by atoms with E-state index in [1.165, 1.54) is 25.3 Å². The molecule has 1 fully saturated rings. The Balaban J connectivity index is 1.60. The molecule has 5 N–H and O–H groups in total. The number of nitrogens with one attached hydrogen (secondary N) is 1. The van der Waals surface area contributed by atoms with E-state index in [2.05, 4.69) is 10.4 Å². The zero-order valence-corrected chi connectivity index (χ0v) is 21.3. The number of primary amides is 1. The lowest BCUT2D eigenvalue weighted by Gasteiger charge is -2.38. The molecule has 0 aliphatic carbocycles. The number of piperidine rings is 1. The largest absolute Gasteiger partial charge is 0.496 e. The molecule has 1 aliphatic rings. The number of ether oxygens (including phenoxy) is 1. The number of hydrogen-bond donors (Lipinski definition) is 3. The van der Waals surface area contributed by atoms with Crippen LogP contribution in [0.4, 0.5) is 23.4 Å². The number of alkyl halides is 2. The molecule has 39 heavy (non-hydrogen) atoms. The van der Waals surface area contributed by atoms with Gasteiger partial charge in [-0.05, 0) is 37.2 Å². The smallest absolute Gasteiger partial charge is 0.282 e. The lowest BCUT2D eigenvalue weighted by molar-refractivity contribution is -0.105. The minimum absolute atomic E-state index is 0.0352. The Morgan fingerprint density at radius 3 is 2.56 bits per heavy atom. The number of anilines is 1. The van der Waals surface area contributed by atoms with Gasteiger partial charge in [0.1, 0.15) is 40.5 Å². The maximum Gasteiger partial charge on any atom is 0.282 e. The lowest BCUT2D eigenvalue weighted by Crippen LogP contribution is -2.49. The van der Waals surface area contributed by atoms with Crippen molar-refractivity contribution < 1.29 is 31.9 Å². The van der Waals surface area contributed by atoms with Gasteiger partial charge in [-0.25, -0.2) is 22.2 Å². The van der Waals surface area contributed by atoms with Gasteiger partial charge in [-0.1, -0.05) is 19.1 Å². The van der Waals surface area contributed by atoms with E-state index >= 15 is 4.39 Å². The van der Waals surface area contributed by atoms with Gasteiger partial charge in [-0.2, -0.15) is 5.10 Å². The Kier molecular flexibility index (Phi) is 7.82. The number of carbonyl (C=O) groups excluding carboxylic acids is 2. The molecule has 0 saturated carbocycles. The van der Waals surface area contributed by atoms with Crippen molar-refractivity contribution in [1.82, 2.24) is 20.0 Å². The zero-order chi connectivity index (χ0) is 28.5. The van der Waals surface area contributed by atoms with Crippen LogP contribution in [0.15, 0.2) is 36.4 Å². The summed E-state index contributed by atoms with van der Waals surface area (Å²) in [7, 11) is 1.33. The summed E-state index contributed by atoms with van der Waals surface area (Å²) >= 11 is 0. The SMILES string of the molecule is CCN1CCC(n2nc(-c3ccc(CNC(=O)c4cc(F)ccc4OC)c(F)c3)c(C(N)=O)c2N)C(F)(F)C1. The molecule has 13 heteroatoms. The van der Waals surface area contributed by atoms with Crippen molar-refractivity contribution in [3.8, 4) is 17.0 Å². The van der Waals surface area contributed by atoms with Crippen LogP contribution in [0.1, 0.15) is 45.7 Å². The molecule has 0 spiro atoms. The highest BCUT2D eigenvalue weighted by atomic mass is 19.3. The molecule has 1 saturated heterocycles. The van der Waals surface area contributed by atoms with Gasteiger partial charge < -0.3 is 21.5 Å². The predicted octanol–water partition coefficient (Wildman–Crippen LogP) is 3.35. The minimum atomic E-state index is -3.18. The van der Waals surface area contributed by atoms with E-state index in [0.717, 1.165) is 22.9 Å². The number of halogens is 4. The number of rotatable bonds is 8. The summed E-state index contributed by atoms with van der Waals surface area (Å²) in [5.74, 6) is -6.47. The first-order valence-corrected chi connectivity index (χ1v) is 12.1. The minimum Gasteiger partial charge on any atom is -0.496 e. The fourth-order valence-electron chi connectivity index (χ4n) is 4.67. The van der Waals surface area contributed by atoms with E-state index in [-0.39, 0.29) is 52.5 Å². The molecule has 1 unspecified atom stereocenters. The molecular formula is C26H28F4N6O3. The van der Waals surface area contributed by atoms with Crippen LogP contribution in [-0.2, 0) is 6.54 Å². The number of nitrogens with zero attached hydrogens (tertiary/aromatic N) is 3. The van der Waals surface area contributed by atoms with Crippen LogP contribution in [0.25, 0.3) is 11.3 Å². The van der Waals surface area contributed by atoms with Crippen molar-refractivity contribution in [3.05, 3.63) is 64.7 Å². The quantitative estimate of drug-likeness (QED) is 0.371. The van der Waals surface area contributed by atoms with Crippen LogP contribution in [0.2, 0.25) is 0 Å². The number of nitrogens with two attached hydrogens (primary N) is 2. The molecule has 3 aromatic rings. The van der Waals surface area contributed by atoms with Crippen LogP contribution in [0.5, 0.6) is 5.75 Å². The summed E-state index contributed by atoms with van der Waals surface area (Å²) in [6.45, 7) is 1.87. The van der Waals surface area contributed by atoms with Crippen LogP contribution < -0.4 is 21.5 Å². The Hall–Kier alpha value is -4.13. The molecule has 0 bridgehead atoms. The maximum atomic E-state index is 15.1. The van der Waals surface area contributed by atoms with Gasteiger partial charge in [-0.3, -0.25) is 14.5 Å². The Morgan fingerprint density at radius 1 is 1.21 bits per heavy atom. The number of aromatic nitrogens is 2. The molecular weight excluding hydrogens is 520 g/mol. The molecule has 2 aromatic carbocycles. The summed E-state index contributed by atoms with van der Waals surface area (Å²) in [4.78, 5) is 26.4. The zero-order valence-electron chi connectivity index (χ0n) is 21.3. The maximum absolute atomic E-state index is 15.1. The fraction of sp³-hybridized carbons (Fsp3) is 0.346. The monoisotopic (exact) mass is 548 g/mol. The molecule has 2 heterocycles. The van der Waals surface area contributed by atoms with Crippen molar-refractivity contribution in [3.63, 3.8) is 0 Å². The molecule has 1 aromatic heterocycles. The third-order valence-electron chi connectivity index (χ3n) is 6.75. The van der Waals surface area contributed by atoms with Crippen molar-refractivity contribution in [2.45, 2.75) is 31.9 Å². The van der Waals surface area contributed by atoms with E-state index in [0.29, 0.717) is 13.1 Å². The summed E-state index contributed by atoms with van der Waals surface area (Å²) in [5, 5.41) is 6.68.